The van der Waals surface area contributed by atoms with Gasteiger partial charge in [-0.05, 0) is 5.56 Å². The highest BCUT2D eigenvalue weighted by molar-refractivity contribution is 5.77. The van der Waals surface area contributed by atoms with Crippen LogP contribution in [0.1, 0.15) is 23.2 Å². The molecule has 1 aliphatic rings. The van der Waals surface area contributed by atoms with Crippen LogP contribution < -0.4 is 20.3 Å². The topological polar surface area (TPSA) is 102 Å². The van der Waals surface area contributed by atoms with Gasteiger partial charge in [-0.1, -0.05) is 6.08 Å². The van der Waals surface area contributed by atoms with Crippen molar-refractivity contribution in [2.45, 2.75) is 12.1 Å². The summed E-state index contributed by atoms with van der Waals surface area (Å²) in [5.74, 6) is -0.389. The molecule has 0 amide bonds. The molecule has 0 saturated heterocycles. The molecule has 2 atom stereocenters. The van der Waals surface area contributed by atoms with Gasteiger partial charge in [-0.3, -0.25) is 14.9 Å². The second-order valence-corrected chi connectivity index (χ2v) is 4.63. The average Bonchev–Trinajstić information content (AvgIpc) is 2.53. The zero-order chi connectivity index (χ0) is 16.1. The number of aromatic nitrogens is 1. The summed E-state index contributed by atoms with van der Waals surface area (Å²) in [6, 6.07) is 0.419. The first-order valence-electron chi connectivity index (χ1n) is 6.69. The second-order valence-electron chi connectivity index (χ2n) is 4.63. The molecule has 0 saturated carbocycles. The maximum atomic E-state index is 11.5. The second kappa shape index (κ2) is 7.21. The zero-order valence-electron chi connectivity index (χ0n) is 12.5. The Labute approximate surface area is 128 Å². The summed E-state index contributed by atoms with van der Waals surface area (Å²) in [6.45, 7) is 4.24. The number of hydrogen-bond acceptors (Lipinski definition) is 7. The van der Waals surface area contributed by atoms with Crippen LogP contribution in [0.25, 0.3) is 0 Å². The fourth-order valence-corrected chi connectivity index (χ4v) is 2.35. The highest BCUT2D eigenvalue weighted by Gasteiger charge is 2.35. The number of fused-ring (bicyclic) bond motifs is 1. The molecule has 2 heterocycles. The Morgan fingerprint density at radius 1 is 1.59 bits per heavy atom. The van der Waals surface area contributed by atoms with E-state index in [1.807, 2.05) is 0 Å². The minimum Gasteiger partial charge on any atom is -0.481 e. The largest absolute Gasteiger partial charge is 0.481 e. The Kier molecular flexibility index (Phi) is 5.31. The molecule has 1 aliphatic heterocycles. The van der Waals surface area contributed by atoms with Gasteiger partial charge in [0.1, 0.15) is 6.04 Å². The number of carbonyl (C=O) groups is 1. The minimum atomic E-state index is -0.984. The van der Waals surface area contributed by atoms with Crippen LogP contribution in [-0.2, 0) is 9.63 Å². The van der Waals surface area contributed by atoms with E-state index in [9.17, 15) is 9.90 Å². The highest BCUT2D eigenvalue weighted by atomic mass is 16.6. The Balaban J connectivity index is 2.44. The summed E-state index contributed by atoms with van der Waals surface area (Å²) < 4.78 is 10.4. The number of carboxylic acids is 1. The summed E-state index contributed by atoms with van der Waals surface area (Å²) >= 11 is 0. The first kappa shape index (κ1) is 16.2. The predicted octanol–water partition coefficient (Wildman–Crippen LogP) is 0.576. The SMILES string of the molecule is C=CCONC1CNC(C(=O)O)c2cc(OC)nc(OC)c21. The molecule has 0 aromatic carbocycles. The molecule has 2 unspecified atom stereocenters. The predicted molar refractivity (Wildman–Crippen MR) is 77.7 cm³/mol. The summed E-state index contributed by atoms with van der Waals surface area (Å²) in [4.78, 5) is 20.9. The van der Waals surface area contributed by atoms with Gasteiger partial charge in [-0.2, -0.15) is 10.5 Å². The van der Waals surface area contributed by atoms with Crippen molar-refractivity contribution < 1.29 is 24.2 Å². The van der Waals surface area contributed by atoms with Gasteiger partial charge in [-0.25, -0.2) is 0 Å². The van der Waals surface area contributed by atoms with Crippen molar-refractivity contribution in [3.8, 4) is 11.8 Å². The quantitative estimate of drug-likeness (QED) is 0.382. The van der Waals surface area contributed by atoms with Crippen LogP contribution in [0.3, 0.4) is 0 Å². The standard InChI is InChI=1S/C14H19N3O5/c1-4-5-22-17-9-7-15-12(14(18)19)8-6-10(20-2)16-13(21-3)11(8)9/h4,6,9,12,15,17H,1,5,7H2,2-3H3,(H,18,19). The fraction of sp³-hybridized carbons (Fsp3) is 0.429. The van der Waals surface area contributed by atoms with E-state index in [1.54, 1.807) is 12.1 Å². The maximum absolute atomic E-state index is 11.5. The summed E-state index contributed by atoms with van der Waals surface area (Å²) in [6.07, 6.45) is 1.60. The number of hydroxylamine groups is 1. The number of pyridine rings is 1. The van der Waals surface area contributed by atoms with Crippen molar-refractivity contribution in [3.63, 3.8) is 0 Å². The normalized spacial score (nSPS) is 20.1. The van der Waals surface area contributed by atoms with Crippen LogP contribution in [0, 0.1) is 0 Å². The molecular formula is C14H19N3O5. The van der Waals surface area contributed by atoms with Crippen molar-refractivity contribution in [2.75, 3.05) is 27.4 Å². The van der Waals surface area contributed by atoms with Crippen LogP contribution in [0.2, 0.25) is 0 Å². The molecule has 0 bridgehead atoms. The van der Waals surface area contributed by atoms with E-state index in [4.69, 9.17) is 14.3 Å². The fourth-order valence-electron chi connectivity index (χ4n) is 2.35. The molecule has 3 N–H and O–H groups in total. The van der Waals surface area contributed by atoms with Crippen LogP contribution >= 0.6 is 0 Å². The molecule has 120 valence electrons. The van der Waals surface area contributed by atoms with E-state index in [0.29, 0.717) is 30.2 Å². The Bertz CT molecular complexity index is 564. The van der Waals surface area contributed by atoms with Crippen molar-refractivity contribution in [3.05, 3.63) is 29.8 Å². The zero-order valence-corrected chi connectivity index (χ0v) is 12.5. The van der Waals surface area contributed by atoms with E-state index in [-0.39, 0.29) is 11.9 Å². The molecule has 2 rings (SSSR count). The Morgan fingerprint density at radius 2 is 2.36 bits per heavy atom. The first-order valence-corrected chi connectivity index (χ1v) is 6.69. The van der Waals surface area contributed by atoms with Crippen molar-refractivity contribution in [1.82, 2.24) is 15.8 Å². The number of rotatable bonds is 7. The number of ether oxygens (including phenoxy) is 2. The van der Waals surface area contributed by atoms with Gasteiger partial charge in [-0.15, -0.1) is 6.58 Å². The van der Waals surface area contributed by atoms with Gasteiger partial charge in [0.05, 0.1) is 26.9 Å². The molecule has 0 radical (unpaired) electrons. The van der Waals surface area contributed by atoms with Crippen molar-refractivity contribution in [2.24, 2.45) is 0 Å². The van der Waals surface area contributed by atoms with Crippen molar-refractivity contribution >= 4 is 5.97 Å². The lowest BCUT2D eigenvalue weighted by atomic mass is 9.92. The van der Waals surface area contributed by atoms with Gasteiger partial charge in [0.15, 0.2) is 0 Å². The molecule has 0 spiro atoms. The van der Waals surface area contributed by atoms with Gasteiger partial charge >= 0.3 is 5.97 Å². The molecule has 8 nitrogen and oxygen atoms in total. The van der Waals surface area contributed by atoms with Gasteiger partial charge in [0, 0.05) is 18.2 Å². The minimum absolute atomic E-state index is 0.288. The highest BCUT2D eigenvalue weighted by Crippen LogP contribution is 2.37. The molecule has 0 aliphatic carbocycles. The van der Waals surface area contributed by atoms with E-state index < -0.39 is 12.0 Å². The molecule has 8 heteroatoms. The van der Waals surface area contributed by atoms with E-state index in [1.165, 1.54) is 14.2 Å². The summed E-state index contributed by atoms with van der Waals surface area (Å²) in [5, 5.41) is 12.3. The van der Waals surface area contributed by atoms with Gasteiger partial charge in [0.25, 0.3) is 0 Å². The third-order valence-corrected chi connectivity index (χ3v) is 3.29. The number of methoxy groups -OCH3 is 2. The van der Waals surface area contributed by atoms with Crippen LogP contribution in [0.15, 0.2) is 18.7 Å². The van der Waals surface area contributed by atoms with Crippen LogP contribution in [0.4, 0.5) is 0 Å². The average molecular weight is 309 g/mol. The van der Waals surface area contributed by atoms with E-state index in [0.717, 1.165) is 0 Å². The maximum Gasteiger partial charge on any atom is 0.325 e. The number of aliphatic carboxylic acids is 1. The lowest BCUT2D eigenvalue weighted by molar-refractivity contribution is -0.140. The summed E-state index contributed by atoms with van der Waals surface area (Å²) in [5.41, 5.74) is 4.03. The lowest BCUT2D eigenvalue weighted by Gasteiger charge is -2.31. The third-order valence-electron chi connectivity index (χ3n) is 3.29. The van der Waals surface area contributed by atoms with Crippen molar-refractivity contribution in [1.29, 1.82) is 0 Å². The number of nitrogens with zero attached hydrogens (tertiary/aromatic N) is 1. The van der Waals surface area contributed by atoms with Crippen LogP contribution in [-0.4, -0.2) is 43.4 Å². The number of hydrogen-bond donors (Lipinski definition) is 3. The number of carboxylic acid groups (broad SMARTS) is 1. The smallest absolute Gasteiger partial charge is 0.325 e. The van der Waals surface area contributed by atoms with E-state index >= 15 is 0 Å². The van der Waals surface area contributed by atoms with E-state index in [2.05, 4.69) is 22.4 Å². The first-order chi connectivity index (χ1) is 10.6. The lowest BCUT2D eigenvalue weighted by Crippen LogP contribution is -2.42. The third kappa shape index (κ3) is 3.19. The molecule has 1 aromatic heterocycles. The molecule has 22 heavy (non-hydrogen) atoms. The summed E-state index contributed by atoms with van der Waals surface area (Å²) in [7, 11) is 2.94. The Morgan fingerprint density at radius 3 is 2.95 bits per heavy atom. The molecule has 0 fully saturated rings. The monoisotopic (exact) mass is 309 g/mol. The number of nitrogens with one attached hydrogen (secondary N) is 2. The Hall–Kier alpha value is -2.16. The van der Waals surface area contributed by atoms with Crippen LogP contribution in [0.5, 0.6) is 11.8 Å². The molecular weight excluding hydrogens is 290 g/mol. The van der Waals surface area contributed by atoms with Gasteiger partial charge < -0.3 is 14.6 Å². The van der Waals surface area contributed by atoms with Gasteiger partial charge in [0.2, 0.25) is 11.8 Å². The molecule has 1 aromatic rings.